The Morgan fingerprint density at radius 1 is 1.12 bits per heavy atom. The van der Waals surface area contributed by atoms with Crippen molar-refractivity contribution in [2.45, 2.75) is 26.8 Å². The molecule has 0 saturated carbocycles. The maximum atomic E-state index is 12.5. The number of carbonyl (C=O) groups is 2. The Morgan fingerprint density at radius 3 is 2.38 bits per heavy atom. The maximum Gasteiger partial charge on any atom is 0.251 e. The highest BCUT2D eigenvalue weighted by Crippen LogP contribution is 2.12. The number of anilines is 1. The molecule has 0 aliphatic rings. The monoisotopic (exact) mass is 345 g/mol. The second kappa shape index (κ2) is 7.93. The third-order valence-corrected chi connectivity index (χ3v) is 3.76. The van der Waals surface area contributed by atoms with Crippen molar-refractivity contribution in [3.63, 3.8) is 0 Å². The fourth-order valence-electron chi connectivity index (χ4n) is 2.17. The zero-order valence-corrected chi connectivity index (χ0v) is 14.6. The number of halogens is 1. The molecule has 1 aromatic heterocycles. The van der Waals surface area contributed by atoms with Crippen molar-refractivity contribution in [1.82, 2.24) is 10.3 Å². The summed E-state index contributed by atoms with van der Waals surface area (Å²) in [5, 5.41) is 6.06. The number of hydrogen-bond donors (Lipinski definition) is 2. The Morgan fingerprint density at radius 2 is 1.79 bits per heavy atom. The number of aromatic nitrogens is 1. The highest BCUT2D eigenvalue weighted by atomic mass is 35.5. The largest absolute Gasteiger partial charge is 0.340 e. The summed E-state index contributed by atoms with van der Waals surface area (Å²) in [5.41, 5.74) is 1.44. The van der Waals surface area contributed by atoms with Gasteiger partial charge in [0, 0.05) is 16.8 Å². The van der Waals surface area contributed by atoms with Gasteiger partial charge in [-0.1, -0.05) is 25.4 Å². The maximum absolute atomic E-state index is 12.5. The summed E-state index contributed by atoms with van der Waals surface area (Å²) in [5.74, 6) is -0.236. The Labute approximate surface area is 146 Å². The molecule has 1 unspecified atom stereocenters. The first-order chi connectivity index (χ1) is 11.4. The van der Waals surface area contributed by atoms with E-state index in [2.05, 4.69) is 15.6 Å². The van der Waals surface area contributed by atoms with Crippen molar-refractivity contribution in [2.24, 2.45) is 5.92 Å². The first kappa shape index (κ1) is 17.9. The van der Waals surface area contributed by atoms with Gasteiger partial charge in [0.1, 0.15) is 11.9 Å². The second-order valence-electron chi connectivity index (χ2n) is 5.91. The van der Waals surface area contributed by atoms with E-state index in [-0.39, 0.29) is 17.7 Å². The molecule has 0 fully saturated rings. The van der Waals surface area contributed by atoms with Gasteiger partial charge in [-0.05, 0) is 54.8 Å². The summed E-state index contributed by atoms with van der Waals surface area (Å²) >= 11 is 5.82. The van der Waals surface area contributed by atoms with Crippen molar-refractivity contribution in [1.29, 1.82) is 0 Å². The van der Waals surface area contributed by atoms with E-state index in [1.54, 1.807) is 36.5 Å². The van der Waals surface area contributed by atoms with Gasteiger partial charge in [-0.25, -0.2) is 4.98 Å². The van der Waals surface area contributed by atoms with Gasteiger partial charge in [0.25, 0.3) is 5.91 Å². The third kappa shape index (κ3) is 4.80. The SMILES string of the molecule is Cc1ccnc(NC(=O)C(NC(=O)c2ccc(Cl)cc2)C(C)C)c1. The van der Waals surface area contributed by atoms with Crippen LogP contribution in [0.5, 0.6) is 0 Å². The second-order valence-corrected chi connectivity index (χ2v) is 6.35. The van der Waals surface area contributed by atoms with E-state index >= 15 is 0 Å². The van der Waals surface area contributed by atoms with E-state index in [0.29, 0.717) is 16.4 Å². The molecule has 1 aromatic carbocycles. The van der Waals surface area contributed by atoms with Gasteiger partial charge < -0.3 is 10.6 Å². The Bertz CT molecular complexity index is 729. The van der Waals surface area contributed by atoms with Crippen molar-refractivity contribution in [3.05, 3.63) is 58.7 Å². The van der Waals surface area contributed by atoms with Gasteiger partial charge in [-0.15, -0.1) is 0 Å². The molecule has 0 bridgehead atoms. The van der Waals surface area contributed by atoms with Gasteiger partial charge in [-0.2, -0.15) is 0 Å². The molecule has 0 aliphatic carbocycles. The van der Waals surface area contributed by atoms with Crippen LogP contribution in [0.1, 0.15) is 29.8 Å². The lowest BCUT2D eigenvalue weighted by Gasteiger charge is -2.21. The predicted octanol–water partition coefficient (Wildman–Crippen LogP) is 3.44. The lowest BCUT2D eigenvalue weighted by molar-refractivity contribution is -0.118. The molecule has 24 heavy (non-hydrogen) atoms. The molecule has 0 radical (unpaired) electrons. The van der Waals surface area contributed by atoms with E-state index in [1.807, 2.05) is 26.8 Å². The molecule has 2 rings (SSSR count). The summed E-state index contributed by atoms with van der Waals surface area (Å²) in [6, 6.07) is 9.46. The van der Waals surface area contributed by atoms with Crippen LogP contribution in [-0.2, 0) is 4.79 Å². The van der Waals surface area contributed by atoms with Crippen LogP contribution in [0.2, 0.25) is 5.02 Å². The van der Waals surface area contributed by atoms with Crippen LogP contribution in [-0.4, -0.2) is 22.8 Å². The van der Waals surface area contributed by atoms with Crippen molar-refractivity contribution in [3.8, 4) is 0 Å². The molecule has 2 amide bonds. The lowest BCUT2D eigenvalue weighted by Crippen LogP contribution is -2.47. The molecule has 2 N–H and O–H groups in total. The van der Waals surface area contributed by atoms with Crippen molar-refractivity contribution in [2.75, 3.05) is 5.32 Å². The lowest BCUT2D eigenvalue weighted by atomic mass is 10.0. The molecular formula is C18H20ClN3O2. The quantitative estimate of drug-likeness (QED) is 0.872. The summed E-state index contributed by atoms with van der Waals surface area (Å²) < 4.78 is 0. The molecule has 0 spiro atoms. The van der Waals surface area contributed by atoms with E-state index in [1.165, 1.54) is 0 Å². The van der Waals surface area contributed by atoms with Crippen LogP contribution in [0.4, 0.5) is 5.82 Å². The molecule has 1 atom stereocenters. The fourth-order valence-corrected chi connectivity index (χ4v) is 2.30. The van der Waals surface area contributed by atoms with E-state index in [0.717, 1.165) is 5.56 Å². The molecule has 2 aromatic rings. The topological polar surface area (TPSA) is 71.1 Å². The smallest absolute Gasteiger partial charge is 0.251 e. The summed E-state index contributed by atoms with van der Waals surface area (Å²) in [4.78, 5) is 28.9. The fraction of sp³-hybridized carbons (Fsp3) is 0.278. The van der Waals surface area contributed by atoms with Gasteiger partial charge in [0.05, 0.1) is 0 Å². The molecule has 5 nitrogen and oxygen atoms in total. The van der Waals surface area contributed by atoms with Crippen LogP contribution >= 0.6 is 11.6 Å². The van der Waals surface area contributed by atoms with Gasteiger partial charge in [0.15, 0.2) is 0 Å². The number of aryl methyl sites for hydroxylation is 1. The third-order valence-electron chi connectivity index (χ3n) is 3.51. The van der Waals surface area contributed by atoms with Gasteiger partial charge >= 0.3 is 0 Å². The van der Waals surface area contributed by atoms with Crippen LogP contribution in [0.25, 0.3) is 0 Å². The van der Waals surface area contributed by atoms with Crippen LogP contribution in [0.3, 0.4) is 0 Å². The first-order valence-electron chi connectivity index (χ1n) is 7.67. The zero-order chi connectivity index (χ0) is 17.7. The molecule has 0 aliphatic heterocycles. The van der Waals surface area contributed by atoms with Gasteiger partial charge in [0.2, 0.25) is 5.91 Å². The number of nitrogens with one attached hydrogen (secondary N) is 2. The number of carbonyl (C=O) groups excluding carboxylic acids is 2. The van der Waals surface area contributed by atoms with Crippen LogP contribution in [0.15, 0.2) is 42.6 Å². The molecular weight excluding hydrogens is 326 g/mol. The molecule has 6 heteroatoms. The minimum Gasteiger partial charge on any atom is -0.340 e. The molecule has 126 valence electrons. The van der Waals surface area contributed by atoms with E-state index < -0.39 is 6.04 Å². The minimum atomic E-state index is -0.671. The van der Waals surface area contributed by atoms with Crippen LogP contribution < -0.4 is 10.6 Å². The van der Waals surface area contributed by atoms with Crippen LogP contribution in [0, 0.1) is 12.8 Å². The minimum absolute atomic E-state index is 0.0777. The standard InChI is InChI=1S/C18H20ClN3O2/c1-11(2)16(18(24)21-15-10-12(3)8-9-20-15)22-17(23)13-4-6-14(19)7-5-13/h4-11,16H,1-3H3,(H,22,23)(H,20,21,24). The van der Waals surface area contributed by atoms with Crippen molar-refractivity contribution < 1.29 is 9.59 Å². The highest BCUT2D eigenvalue weighted by molar-refractivity contribution is 6.30. The highest BCUT2D eigenvalue weighted by Gasteiger charge is 2.25. The first-order valence-corrected chi connectivity index (χ1v) is 8.04. The number of pyridine rings is 1. The number of rotatable bonds is 5. The Balaban J connectivity index is 2.09. The number of amides is 2. The molecule has 0 saturated heterocycles. The number of hydrogen-bond acceptors (Lipinski definition) is 3. The van der Waals surface area contributed by atoms with E-state index in [4.69, 9.17) is 11.6 Å². The summed E-state index contributed by atoms with van der Waals surface area (Å²) in [6.07, 6.45) is 1.63. The van der Waals surface area contributed by atoms with Crippen molar-refractivity contribution >= 4 is 29.2 Å². The van der Waals surface area contributed by atoms with E-state index in [9.17, 15) is 9.59 Å². The Hall–Kier alpha value is -2.40. The Kier molecular flexibility index (Phi) is 5.93. The average Bonchev–Trinajstić information content (AvgIpc) is 2.52. The average molecular weight is 346 g/mol. The summed E-state index contributed by atoms with van der Waals surface area (Å²) in [7, 11) is 0. The molecule has 1 heterocycles. The van der Waals surface area contributed by atoms with Gasteiger partial charge in [-0.3, -0.25) is 9.59 Å². The predicted molar refractivity (Wildman–Crippen MR) is 95.1 cm³/mol. The normalized spacial score (nSPS) is 11.9. The number of nitrogens with zero attached hydrogens (tertiary/aromatic N) is 1. The number of benzene rings is 1. The summed E-state index contributed by atoms with van der Waals surface area (Å²) in [6.45, 7) is 5.66. The zero-order valence-electron chi connectivity index (χ0n) is 13.8.